The van der Waals surface area contributed by atoms with Gasteiger partial charge in [-0.3, -0.25) is 4.79 Å². The Bertz CT molecular complexity index is 539. The molecule has 2 aromatic rings. The third-order valence-electron chi connectivity index (χ3n) is 2.88. The van der Waals surface area contributed by atoms with Crippen molar-refractivity contribution < 1.29 is 9.21 Å². The summed E-state index contributed by atoms with van der Waals surface area (Å²) in [6.07, 6.45) is 2.74. The van der Waals surface area contributed by atoms with Crippen LogP contribution >= 0.6 is 12.6 Å². The summed E-state index contributed by atoms with van der Waals surface area (Å²) in [5.41, 5.74) is 2.79. The number of hydrogen-bond acceptors (Lipinski definition) is 4. The van der Waals surface area contributed by atoms with Crippen LogP contribution in [0.3, 0.4) is 0 Å². The van der Waals surface area contributed by atoms with Gasteiger partial charge in [-0.15, -0.1) is 0 Å². The van der Waals surface area contributed by atoms with E-state index in [4.69, 9.17) is 4.42 Å². The normalized spacial score (nSPS) is 10.8. The molecule has 18 heavy (non-hydrogen) atoms. The molecule has 4 nitrogen and oxygen atoms in total. The van der Waals surface area contributed by atoms with Crippen molar-refractivity contribution in [2.75, 3.05) is 19.3 Å². The highest BCUT2D eigenvalue weighted by Crippen LogP contribution is 2.14. The topological polar surface area (TPSA) is 46.3 Å². The fourth-order valence-corrected chi connectivity index (χ4v) is 1.95. The second-order valence-corrected chi connectivity index (χ2v) is 4.64. The molecule has 0 unspecified atom stereocenters. The van der Waals surface area contributed by atoms with Crippen molar-refractivity contribution in [3.63, 3.8) is 0 Å². The number of thiol groups is 1. The zero-order valence-corrected chi connectivity index (χ0v) is 11.2. The molecule has 1 aromatic heterocycles. The summed E-state index contributed by atoms with van der Waals surface area (Å²) < 4.78 is 5.25. The standard InChI is InChI=1S/C13H16N2O2S/c1-15(13(16)5-7-18)6-4-10-2-3-11-12(8-10)17-9-14-11/h2-3,8-9,18H,4-7H2,1H3. The van der Waals surface area contributed by atoms with Crippen molar-refractivity contribution >= 4 is 29.6 Å². The van der Waals surface area contributed by atoms with Crippen LogP contribution in [0, 0.1) is 0 Å². The minimum atomic E-state index is 0.130. The largest absolute Gasteiger partial charge is 0.443 e. The van der Waals surface area contributed by atoms with Gasteiger partial charge >= 0.3 is 0 Å². The van der Waals surface area contributed by atoms with E-state index in [1.54, 1.807) is 4.90 Å². The molecule has 0 saturated heterocycles. The predicted octanol–water partition coefficient (Wildman–Crippen LogP) is 2.15. The van der Waals surface area contributed by atoms with Crippen LogP contribution in [0.5, 0.6) is 0 Å². The maximum atomic E-state index is 11.6. The van der Waals surface area contributed by atoms with Gasteiger partial charge in [-0.25, -0.2) is 4.98 Å². The molecule has 1 heterocycles. The van der Waals surface area contributed by atoms with Crippen molar-refractivity contribution in [3.8, 4) is 0 Å². The van der Waals surface area contributed by atoms with Gasteiger partial charge in [0.05, 0.1) is 0 Å². The van der Waals surface area contributed by atoms with Gasteiger partial charge in [-0.05, 0) is 29.9 Å². The molecule has 0 fully saturated rings. The Morgan fingerprint density at radius 2 is 2.33 bits per heavy atom. The van der Waals surface area contributed by atoms with Gasteiger partial charge in [0, 0.05) is 20.0 Å². The molecule has 0 aliphatic rings. The summed E-state index contributed by atoms with van der Waals surface area (Å²) in [4.78, 5) is 17.4. The fraction of sp³-hybridized carbons (Fsp3) is 0.385. The Morgan fingerprint density at radius 3 is 3.11 bits per heavy atom. The SMILES string of the molecule is CN(CCc1ccc2ncoc2c1)C(=O)CCS. The first-order valence-electron chi connectivity index (χ1n) is 5.87. The highest BCUT2D eigenvalue weighted by molar-refractivity contribution is 7.80. The second-order valence-electron chi connectivity index (χ2n) is 4.19. The molecule has 0 bridgehead atoms. The van der Waals surface area contributed by atoms with Crippen molar-refractivity contribution in [1.29, 1.82) is 0 Å². The fourth-order valence-electron chi connectivity index (χ4n) is 1.76. The number of carbonyl (C=O) groups excluding carboxylic acids is 1. The van der Waals surface area contributed by atoms with E-state index in [2.05, 4.69) is 17.6 Å². The molecule has 0 atom stereocenters. The van der Waals surface area contributed by atoms with Gasteiger partial charge in [-0.1, -0.05) is 6.07 Å². The summed E-state index contributed by atoms with van der Waals surface area (Å²) in [7, 11) is 1.82. The van der Waals surface area contributed by atoms with Gasteiger partial charge in [0.1, 0.15) is 5.52 Å². The van der Waals surface area contributed by atoms with Gasteiger partial charge < -0.3 is 9.32 Å². The number of amides is 1. The molecule has 0 spiro atoms. The molecule has 0 aliphatic carbocycles. The summed E-state index contributed by atoms with van der Waals surface area (Å²) in [6, 6.07) is 5.92. The lowest BCUT2D eigenvalue weighted by Gasteiger charge is -2.16. The van der Waals surface area contributed by atoms with Gasteiger partial charge in [-0.2, -0.15) is 12.6 Å². The van der Waals surface area contributed by atoms with Crippen LogP contribution < -0.4 is 0 Å². The molecule has 0 aliphatic heterocycles. The Labute approximate surface area is 111 Å². The number of fused-ring (bicyclic) bond motifs is 1. The Balaban J connectivity index is 1.95. The molecule has 0 radical (unpaired) electrons. The van der Waals surface area contributed by atoms with Crippen LogP contribution in [-0.4, -0.2) is 35.1 Å². The number of carbonyl (C=O) groups is 1. The molecular weight excluding hydrogens is 248 g/mol. The van der Waals surface area contributed by atoms with Crippen molar-refractivity contribution in [1.82, 2.24) is 9.88 Å². The van der Waals surface area contributed by atoms with Crippen LogP contribution in [0.4, 0.5) is 0 Å². The summed E-state index contributed by atoms with van der Waals surface area (Å²) in [6.45, 7) is 0.701. The van der Waals surface area contributed by atoms with E-state index in [0.717, 1.165) is 23.1 Å². The third kappa shape index (κ3) is 3.04. The van der Waals surface area contributed by atoms with Crippen molar-refractivity contribution in [3.05, 3.63) is 30.2 Å². The Morgan fingerprint density at radius 1 is 1.50 bits per heavy atom. The van der Waals surface area contributed by atoms with Gasteiger partial charge in [0.25, 0.3) is 0 Å². The van der Waals surface area contributed by atoms with E-state index < -0.39 is 0 Å². The maximum absolute atomic E-state index is 11.6. The number of nitrogens with zero attached hydrogens (tertiary/aromatic N) is 2. The summed E-state index contributed by atoms with van der Waals surface area (Å²) in [5.74, 6) is 0.721. The van der Waals surface area contributed by atoms with E-state index in [0.29, 0.717) is 18.7 Å². The second kappa shape index (κ2) is 5.91. The Kier molecular flexibility index (Phi) is 4.25. The van der Waals surface area contributed by atoms with Gasteiger partial charge in [0.15, 0.2) is 12.0 Å². The number of oxazole rings is 1. The average Bonchev–Trinajstić information content (AvgIpc) is 2.83. The first kappa shape index (κ1) is 13.0. The third-order valence-corrected chi connectivity index (χ3v) is 3.11. The molecule has 1 amide bonds. The van der Waals surface area contributed by atoms with E-state index in [9.17, 15) is 4.79 Å². The first-order chi connectivity index (χ1) is 8.70. The number of likely N-dealkylation sites (N-methyl/N-ethyl adjacent to an activating group) is 1. The van der Waals surface area contributed by atoms with E-state index in [1.807, 2.05) is 25.2 Å². The minimum Gasteiger partial charge on any atom is -0.443 e. The molecule has 1 aromatic carbocycles. The van der Waals surface area contributed by atoms with E-state index >= 15 is 0 Å². The lowest BCUT2D eigenvalue weighted by atomic mass is 10.1. The van der Waals surface area contributed by atoms with Gasteiger partial charge in [0.2, 0.25) is 5.91 Å². The molecule has 0 saturated carbocycles. The summed E-state index contributed by atoms with van der Waals surface area (Å²) >= 11 is 4.06. The molecule has 2 rings (SSSR count). The molecular formula is C13H16N2O2S. The smallest absolute Gasteiger partial charge is 0.223 e. The van der Waals surface area contributed by atoms with E-state index in [-0.39, 0.29) is 5.91 Å². The molecule has 5 heteroatoms. The van der Waals surface area contributed by atoms with Crippen LogP contribution in [0.25, 0.3) is 11.1 Å². The zero-order valence-electron chi connectivity index (χ0n) is 10.3. The van der Waals surface area contributed by atoms with Crippen molar-refractivity contribution in [2.45, 2.75) is 12.8 Å². The van der Waals surface area contributed by atoms with Crippen LogP contribution in [-0.2, 0) is 11.2 Å². The Hall–Kier alpha value is -1.49. The van der Waals surface area contributed by atoms with Crippen LogP contribution in [0.1, 0.15) is 12.0 Å². The molecule has 0 N–H and O–H groups in total. The predicted molar refractivity (Wildman–Crippen MR) is 73.8 cm³/mol. The molecule has 96 valence electrons. The maximum Gasteiger partial charge on any atom is 0.223 e. The number of aromatic nitrogens is 1. The number of hydrogen-bond donors (Lipinski definition) is 1. The van der Waals surface area contributed by atoms with Crippen molar-refractivity contribution in [2.24, 2.45) is 0 Å². The lowest BCUT2D eigenvalue weighted by molar-refractivity contribution is -0.129. The first-order valence-corrected chi connectivity index (χ1v) is 6.51. The van der Waals surface area contributed by atoms with Crippen LogP contribution in [0.2, 0.25) is 0 Å². The lowest BCUT2D eigenvalue weighted by Crippen LogP contribution is -2.28. The number of benzene rings is 1. The monoisotopic (exact) mass is 264 g/mol. The quantitative estimate of drug-likeness (QED) is 0.842. The highest BCUT2D eigenvalue weighted by atomic mass is 32.1. The average molecular weight is 264 g/mol. The minimum absolute atomic E-state index is 0.130. The zero-order chi connectivity index (χ0) is 13.0. The van der Waals surface area contributed by atoms with E-state index in [1.165, 1.54) is 6.39 Å². The summed E-state index contributed by atoms with van der Waals surface area (Å²) in [5, 5.41) is 0. The number of rotatable bonds is 5. The van der Waals surface area contributed by atoms with Crippen LogP contribution in [0.15, 0.2) is 29.0 Å². The highest BCUT2D eigenvalue weighted by Gasteiger charge is 2.08.